The third-order valence-electron chi connectivity index (χ3n) is 2.60. The number of carbonyl (C=O) groups excluding carboxylic acids is 1. The number of amides is 1. The minimum atomic E-state index is -0.248. The minimum Gasteiger partial charge on any atom is -0.467 e. The first-order chi connectivity index (χ1) is 8.81. The molecule has 0 aliphatic carbocycles. The van der Waals surface area contributed by atoms with E-state index in [9.17, 15) is 4.79 Å². The van der Waals surface area contributed by atoms with Crippen LogP contribution in [0.3, 0.4) is 0 Å². The normalized spacial score (nSPS) is 12.1. The Hall–Kier alpha value is -2.07. The van der Waals surface area contributed by atoms with E-state index in [0.717, 1.165) is 11.3 Å². The molecular weight excluding hydrogens is 228 g/mol. The van der Waals surface area contributed by atoms with E-state index < -0.39 is 0 Å². The monoisotopic (exact) mass is 244 g/mol. The molecule has 94 valence electrons. The zero-order valence-corrected chi connectivity index (χ0v) is 10.2. The van der Waals surface area contributed by atoms with Crippen LogP contribution in [0.25, 0.3) is 0 Å². The van der Waals surface area contributed by atoms with Crippen molar-refractivity contribution < 1.29 is 9.21 Å². The van der Waals surface area contributed by atoms with Crippen molar-refractivity contribution in [1.29, 1.82) is 0 Å². The second kappa shape index (κ2) is 6.02. The molecule has 2 rings (SSSR count). The molecule has 18 heavy (non-hydrogen) atoms. The molecular formula is C14H16N2O2. The van der Waals surface area contributed by atoms with Crippen LogP contribution >= 0.6 is 0 Å². The number of likely N-dealkylation sites (N-methyl/N-ethyl adjacent to an activating group) is 1. The standard InChI is InChI=1S/C14H16N2O2/c1-15-10-13(17)16-14(12-8-5-9-18-12)11-6-3-2-4-7-11/h2-9,14-15H,10H2,1H3,(H,16,17). The Bertz CT molecular complexity index is 480. The largest absolute Gasteiger partial charge is 0.467 e. The van der Waals surface area contributed by atoms with Crippen molar-refractivity contribution in [3.8, 4) is 0 Å². The Balaban J connectivity index is 2.22. The van der Waals surface area contributed by atoms with E-state index in [2.05, 4.69) is 10.6 Å². The fraction of sp³-hybridized carbons (Fsp3) is 0.214. The highest BCUT2D eigenvalue weighted by molar-refractivity contribution is 5.78. The summed E-state index contributed by atoms with van der Waals surface area (Å²) in [7, 11) is 1.74. The average Bonchev–Trinajstić information content (AvgIpc) is 2.91. The maximum atomic E-state index is 11.7. The quantitative estimate of drug-likeness (QED) is 0.841. The Morgan fingerprint density at radius 2 is 2.00 bits per heavy atom. The van der Waals surface area contributed by atoms with Crippen LogP contribution in [0.2, 0.25) is 0 Å². The molecule has 4 nitrogen and oxygen atoms in total. The lowest BCUT2D eigenvalue weighted by Gasteiger charge is -2.17. The lowest BCUT2D eigenvalue weighted by atomic mass is 10.0. The van der Waals surface area contributed by atoms with Gasteiger partial charge in [-0.2, -0.15) is 0 Å². The summed E-state index contributed by atoms with van der Waals surface area (Å²) in [4.78, 5) is 11.7. The zero-order chi connectivity index (χ0) is 12.8. The summed E-state index contributed by atoms with van der Waals surface area (Å²) in [5, 5.41) is 5.77. The van der Waals surface area contributed by atoms with Gasteiger partial charge in [0.05, 0.1) is 12.8 Å². The van der Waals surface area contributed by atoms with Gasteiger partial charge in [0.1, 0.15) is 11.8 Å². The first kappa shape index (κ1) is 12.4. The van der Waals surface area contributed by atoms with Gasteiger partial charge in [0, 0.05) is 0 Å². The Morgan fingerprint density at radius 3 is 2.61 bits per heavy atom. The van der Waals surface area contributed by atoms with E-state index >= 15 is 0 Å². The fourth-order valence-electron chi connectivity index (χ4n) is 1.79. The van der Waals surface area contributed by atoms with E-state index in [-0.39, 0.29) is 18.5 Å². The van der Waals surface area contributed by atoms with Gasteiger partial charge in [-0.25, -0.2) is 0 Å². The smallest absolute Gasteiger partial charge is 0.234 e. The number of furan rings is 1. The molecule has 0 fully saturated rings. The van der Waals surface area contributed by atoms with Crippen LogP contribution in [-0.4, -0.2) is 19.5 Å². The molecule has 1 aromatic carbocycles. The number of rotatable bonds is 5. The first-order valence-electron chi connectivity index (χ1n) is 5.83. The predicted molar refractivity (Wildman–Crippen MR) is 69.1 cm³/mol. The molecule has 4 heteroatoms. The van der Waals surface area contributed by atoms with Gasteiger partial charge in [0.2, 0.25) is 5.91 Å². The van der Waals surface area contributed by atoms with E-state index in [1.807, 2.05) is 42.5 Å². The second-order valence-electron chi connectivity index (χ2n) is 3.96. The SMILES string of the molecule is CNCC(=O)NC(c1ccccc1)c1ccco1. The van der Waals surface area contributed by atoms with Crippen molar-refractivity contribution in [3.63, 3.8) is 0 Å². The maximum Gasteiger partial charge on any atom is 0.234 e. The summed E-state index contributed by atoms with van der Waals surface area (Å²) in [5.74, 6) is 0.661. The van der Waals surface area contributed by atoms with Crippen molar-refractivity contribution in [3.05, 3.63) is 60.1 Å². The molecule has 2 N–H and O–H groups in total. The number of hydrogen-bond donors (Lipinski definition) is 2. The molecule has 0 aliphatic heterocycles. The van der Waals surface area contributed by atoms with Gasteiger partial charge in [-0.3, -0.25) is 4.79 Å². The summed E-state index contributed by atoms with van der Waals surface area (Å²) < 4.78 is 5.39. The molecule has 0 aliphatic rings. The van der Waals surface area contributed by atoms with Crippen LogP contribution in [0.15, 0.2) is 53.1 Å². The van der Waals surface area contributed by atoms with Gasteiger partial charge in [0.25, 0.3) is 0 Å². The molecule has 0 radical (unpaired) electrons. The number of nitrogens with one attached hydrogen (secondary N) is 2. The minimum absolute atomic E-state index is 0.0669. The van der Waals surface area contributed by atoms with Gasteiger partial charge in [0.15, 0.2) is 0 Å². The molecule has 1 heterocycles. The van der Waals surface area contributed by atoms with Crippen molar-refractivity contribution in [2.45, 2.75) is 6.04 Å². The summed E-state index contributed by atoms with van der Waals surface area (Å²) in [5.41, 5.74) is 0.997. The molecule has 0 spiro atoms. The second-order valence-corrected chi connectivity index (χ2v) is 3.96. The van der Waals surface area contributed by atoms with Gasteiger partial charge in [-0.1, -0.05) is 30.3 Å². The van der Waals surface area contributed by atoms with Crippen LogP contribution in [0.5, 0.6) is 0 Å². The van der Waals surface area contributed by atoms with E-state index in [1.165, 1.54) is 0 Å². The van der Waals surface area contributed by atoms with Crippen molar-refractivity contribution >= 4 is 5.91 Å². The topological polar surface area (TPSA) is 54.3 Å². The molecule has 0 bridgehead atoms. The Kier molecular flexibility index (Phi) is 4.15. The molecule has 1 unspecified atom stereocenters. The summed E-state index contributed by atoms with van der Waals surface area (Å²) >= 11 is 0. The molecule has 1 atom stereocenters. The molecule has 2 aromatic rings. The number of carbonyl (C=O) groups is 1. The number of benzene rings is 1. The van der Waals surface area contributed by atoms with Gasteiger partial charge in [-0.15, -0.1) is 0 Å². The molecule has 0 saturated heterocycles. The van der Waals surface area contributed by atoms with Crippen LogP contribution < -0.4 is 10.6 Å². The van der Waals surface area contributed by atoms with Crippen LogP contribution in [0.1, 0.15) is 17.4 Å². The lowest BCUT2D eigenvalue weighted by Crippen LogP contribution is -2.35. The van der Waals surface area contributed by atoms with Crippen LogP contribution in [0, 0.1) is 0 Å². The lowest BCUT2D eigenvalue weighted by molar-refractivity contribution is -0.120. The molecule has 0 saturated carbocycles. The summed E-state index contributed by atoms with van der Waals surface area (Å²) in [6.45, 7) is 0.282. The highest BCUT2D eigenvalue weighted by atomic mass is 16.3. The van der Waals surface area contributed by atoms with Crippen molar-refractivity contribution in [1.82, 2.24) is 10.6 Å². The highest BCUT2D eigenvalue weighted by Gasteiger charge is 2.18. The third kappa shape index (κ3) is 2.99. The van der Waals surface area contributed by atoms with E-state index in [0.29, 0.717) is 0 Å². The highest BCUT2D eigenvalue weighted by Crippen LogP contribution is 2.21. The van der Waals surface area contributed by atoms with Gasteiger partial charge < -0.3 is 15.1 Å². The van der Waals surface area contributed by atoms with Crippen LogP contribution in [0.4, 0.5) is 0 Å². The van der Waals surface area contributed by atoms with Crippen molar-refractivity contribution in [2.24, 2.45) is 0 Å². The van der Waals surface area contributed by atoms with Crippen LogP contribution in [-0.2, 0) is 4.79 Å². The van der Waals surface area contributed by atoms with E-state index in [4.69, 9.17) is 4.42 Å². The van der Waals surface area contributed by atoms with Crippen molar-refractivity contribution in [2.75, 3.05) is 13.6 Å². The van der Waals surface area contributed by atoms with Gasteiger partial charge in [-0.05, 0) is 24.7 Å². The molecule has 1 aromatic heterocycles. The fourth-order valence-corrected chi connectivity index (χ4v) is 1.79. The summed E-state index contributed by atoms with van der Waals surface area (Å²) in [6.07, 6.45) is 1.61. The van der Waals surface area contributed by atoms with E-state index in [1.54, 1.807) is 13.3 Å². The maximum absolute atomic E-state index is 11.7. The number of hydrogen-bond acceptors (Lipinski definition) is 3. The predicted octanol–water partition coefficient (Wildman–Crippen LogP) is 1.70. The average molecular weight is 244 g/mol. The third-order valence-corrected chi connectivity index (χ3v) is 2.60. The van der Waals surface area contributed by atoms with Gasteiger partial charge >= 0.3 is 0 Å². The first-order valence-corrected chi connectivity index (χ1v) is 5.83. The summed E-state index contributed by atoms with van der Waals surface area (Å²) in [6, 6.07) is 13.2. The Labute approximate surface area is 106 Å². The Morgan fingerprint density at radius 1 is 1.22 bits per heavy atom. The molecule has 1 amide bonds. The zero-order valence-electron chi connectivity index (χ0n) is 10.2.